The Balaban J connectivity index is 1.35. The lowest BCUT2D eigenvalue weighted by atomic mass is 10.1. The van der Waals surface area contributed by atoms with Crippen molar-refractivity contribution in [1.82, 2.24) is 19.9 Å². The van der Waals surface area contributed by atoms with Crippen LogP contribution in [0.4, 0.5) is 0 Å². The van der Waals surface area contributed by atoms with Crippen LogP contribution in [0.3, 0.4) is 0 Å². The second kappa shape index (κ2) is 7.31. The van der Waals surface area contributed by atoms with Gasteiger partial charge in [-0.05, 0) is 11.6 Å². The molecule has 6 nitrogen and oxygen atoms in total. The quantitative estimate of drug-likeness (QED) is 0.768. The van der Waals surface area contributed by atoms with E-state index < -0.39 is 0 Å². The van der Waals surface area contributed by atoms with Gasteiger partial charge in [0.1, 0.15) is 0 Å². The summed E-state index contributed by atoms with van der Waals surface area (Å²) in [5.41, 5.74) is 8.95. The number of nitrogens with zero attached hydrogens (tertiary/aromatic N) is 4. The Hall–Kier alpha value is -2.28. The van der Waals surface area contributed by atoms with E-state index in [-0.39, 0.29) is 0 Å². The van der Waals surface area contributed by atoms with E-state index in [0.29, 0.717) is 6.54 Å². The number of hydrogen-bond acceptors (Lipinski definition) is 6. The standard InChI is InChI=1S/C19H23N5O/c20-12-18-11-17(22-25-18)14-24-9-7-23(8-10-24)13-16-4-1-3-15-5-2-6-21-19(15)16/h1-6,11H,7-10,12-14,20H2. The molecular formula is C19H23N5O. The van der Waals surface area contributed by atoms with Gasteiger partial charge in [0.05, 0.1) is 17.8 Å². The topological polar surface area (TPSA) is 71.4 Å². The van der Waals surface area contributed by atoms with Gasteiger partial charge < -0.3 is 10.3 Å². The summed E-state index contributed by atoms with van der Waals surface area (Å²) in [6, 6.07) is 12.5. The van der Waals surface area contributed by atoms with Crippen molar-refractivity contribution in [3.8, 4) is 0 Å². The zero-order valence-electron chi connectivity index (χ0n) is 14.3. The zero-order chi connectivity index (χ0) is 17.1. The zero-order valence-corrected chi connectivity index (χ0v) is 14.3. The van der Waals surface area contributed by atoms with Crippen LogP contribution >= 0.6 is 0 Å². The van der Waals surface area contributed by atoms with Gasteiger partial charge in [-0.15, -0.1) is 0 Å². The van der Waals surface area contributed by atoms with Crippen molar-refractivity contribution in [2.75, 3.05) is 26.2 Å². The molecule has 1 aromatic carbocycles. The molecule has 0 spiro atoms. The Morgan fingerprint density at radius 3 is 2.52 bits per heavy atom. The number of pyridine rings is 1. The van der Waals surface area contributed by atoms with E-state index in [4.69, 9.17) is 10.3 Å². The minimum absolute atomic E-state index is 0.403. The summed E-state index contributed by atoms with van der Waals surface area (Å²) in [6.45, 7) is 6.33. The molecule has 3 heterocycles. The minimum Gasteiger partial charge on any atom is -0.360 e. The highest BCUT2D eigenvalue weighted by molar-refractivity contribution is 5.81. The molecule has 1 aliphatic rings. The summed E-state index contributed by atoms with van der Waals surface area (Å²) in [5, 5.41) is 5.29. The highest BCUT2D eigenvalue weighted by atomic mass is 16.5. The summed E-state index contributed by atoms with van der Waals surface area (Å²) in [6.07, 6.45) is 1.87. The molecule has 0 amide bonds. The number of piperazine rings is 1. The molecule has 0 radical (unpaired) electrons. The number of benzene rings is 1. The smallest absolute Gasteiger partial charge is 0.150 e. The molecule has 0 unspecified atom stereocenters. The largest absolute Gasteiger partial charge is 0.360 e. The van der Waals surface area contributed by atoms with E-state index in [1.165, 1.54) is 10.9 Å². The SMILES string of the molecule is NCc1cc(CN2CCN(Cc3cccc4cccnc34)CC2)no1. The van der Waals surface area contributed by atoms with E-state index in [1.807, 2.05) is 18.3 Å². The number of aromatic nitrogens is 2. The summed E-state index contributed by atoms with van der Waals surface area (Å²) >= 11 is 0. The molecule has 6 heteroatoms. The molecule has 0 saturated carbocycles. The molecule has 0 bridgehead atoms. The van der Waals surface area contributed by atoms with Crippen molar-refractivity contribution in [2.45, 2.75) is 19.6 Å². The molecule has 130 valence electrons. The first-order chi connectivity index (χ1) is 12.3. The van der Waals surface area contributed by atoms with Crippen LogP contribution in [0.5, 0.6) is 0 Å². The van der Waals surface area contributed by atoms with Crippen molar-refractivity contribution in [3.05, 3.63) is 59.6 Å². The predicted octanol–water partition coefficient (Wildman–Crippen LogP) is 2.00. The van der Waals surface area contributed by atoms with E-state index >= 15 is 0 Å². The molecular weight excluding hydrogens is 314 g/mol. The first-order valence-electron chi connectivity index (χ1n) is 8.74. The maximum Gasteiger partial charge on any atom is 0.150 e. The van der Waals surface area contributed by atoms with Gasteiger partial charge in [0.25, 0.3) is 0 Å². The summed E-state index contributed by atoms with van der Waals surface area (Å²) in [7, 11) is 0. The molecule has 2 aromatic heterocycles. The van der Waals surface area contributed by atoms with Crippen molar-refractivity contribution in [2.24, 2.45) is 5.73 Å². The van der Waals surface area contributed by atoms with E-state index in [9.17, 15) is 0 Å². The summed E-state index contributed by atoms with van der Waals surface area (Å²) in [5.74, 6) is 0.747. The summed E-state index contributed by atoms with van der Waals surface area (Å²) in [4.78, 5) is 9.47. The second-order valence-electron chi connectivity index (χ2n) is 6.53. The van der Waals surface area contributed by atoms with Crippen molar-refractivity contribution in [1.29, 1.82) is 0 Å². The van der Waals surface area contributed by atoms with Gasteiger partial charge in [0, 0.05) is 56.9 Å². The van der Waals surface area contributed by atoms with Crippen molar-refractivity contribution < 1.29 is 4.52 Å². The van der Waals surface area contributed by atoms with Crippen LogP contribution in [0.25, 0.3) is 10.9 Å². The maximum atomic E-state index is 5.57. The average Bonchev–Trinajstić information content (AvgIpc) is 3.11. The fourth-order valence-electron chi connectivity index (χ4n) is 3.40. The van der Waals surface area contributed by atoms with Crippen LogP contribution in [-0.4, -0.2) is 46.1 Å². The van der Waals surface area contributed by atoms with Crippen LogP contribution in [0.2, 0.25) is 0 Å². The molecule has 1 aliphatic heterocycles. The van der Waals surface area contributed by atoms with Crippen LogP contribution < -0.4 is 5.73 Å². The highest BCUT2D eigenvalue weighted by Crippen LogP contribution is 2.19. The molecule has 1 fully saturated rings. The molecule has 4 rings (SSSR count). The van der Waals surface area contributed by atoms with E-state index in [0.717, 1.165) is 56.2 Å². The molecule has 2 N–H and O–H groups in total. The van der Waals surface area contributed by atoms with Gasteiger partial charge >= 0.3 is 0 Å². The Labute approximate surface area is 147 Å². The van der Waals surface area contributed by atoms with Gasteiger partial charge in [-0.1, -0.05) is 29.4 Å². The van der Waals surface area contributed by atoms with Gasteiger partial charge in [0.2, 0.25) is 0 Å². The highest BCUT2D eigenvalue weighted by Gasteiger charge is 2.19. The molecule has 25 heavy (non-hydrogen) atoms. The lowest BCUT2D eigenvalue weighted by Gasteiger charge is -2.34. The van der Waals surface area contributed by atoms with Crippen LogP contribution in [-0.2, 0) is 19.6 Å². The number of fused-ring (bicyclic) bond motifs is 1. The van der Waals surface area contributed by atoms with Gasteiger partial charge in [-0.25, -0.2) is 0 Å². The Morgan fingerprint density at radius 2 is 1.76 bits per heavy atom. The third-order valence-electron chi connectivity index (χ3n) is 4.77. The third-order valence-corrected chi connectivity index (χ3v) is 4.77. The molecule has 3 aromatic rings. The first-order valence-corrected chi connectivity index (χ1v) is 8.74. The van der Waals surface area contributed by atoms with Crippen molar-refractivity contribution >= 4 is 10.9 Å². The molecule has 0 atom stereocenters. The van der Waals surface area contributed by atoms with Crippen LogP contribution in [0.15, 0.2) is 47.1 Å². The average molecular weight is 337 g/mol. The van der Waals surface area contributed by atoms with Crippen molar-refractivity contribution in [3.63, 3.8) is 0 Å². The molecule has 0 aliphatic carbocycles. The number of para-hydroxylation sites is 1. The second-order valence-corrected chi connectivity index (χ2v) is 6.53. The van der Waals surface area contributed by atoms with Gasteiger partial charge in [-0.2, -0.15) is 0 Å². The maximum absolute atomic E-state index is 5.57. The van der Waals surface area contributed by atoms with E-state index in [1.54, 1.807) is 0 Å². The number of rotatable bonds is 5. The first kappa shape index (κ1) is 16.2. The fraction of sp³-hybridized carbons (Fsp3) is 0.368. The lowest BCUT2D eigenvalue weighted by Crippen LogP contribution is -2.45. The third kappa shape index (κ3) is 3.71. The number of nitrogens with two attached hydrogens (primary N) is 1. The van der Waals surface area contributed by atoms with Crippen LogP contribution in [0, 0.1) is 0 Å². The van der Waals surface area contributed by atoms with Gasteiger partial charge in [0.15, 0.2) is 5.76 Å². The summed E-state index contributed by atoms with van der Waals surface area (Å²) < 4.78 is 5.18. The predicted molar refractivity (Wildman–Crippen MR) is 96.7 cm³/mol. The monoisotopic (exact) mass is 337 g/mol. The van der Waals surface area contributed by atoms with E-state index in [2.05, 4.69) is 44.2 Å². The van der Waals surface area contributed by atoms with Crippen LogP contribution in [0.1, 0.15) is 17.0 Å². The van der Waals surface area contributed by atoms with Gasteiger partial charge in [-0.3, -0.25) is 14.8 Å². The Bertz CT molecular complexity index is 833. The lowest BCUT2D eigenvalue weighted by molar-refractivity contribution is 0.120. The number of hydrogen-bond donors (Lipinski definition) is 1. The molecule has 1 saturated heterocycles. The normalized spacial score (nSPS) is 16.5. The Kier molecular flexibility index (Phi) is 4.74. The Morgan fingerprint density at radius 1 is 1.00 bits per heavy atom. The fourth-order valence-corrected chi connectivity index (χ4v) is 3.40. The minimum atomic E-state index is 0.403.